The average molecular weight is 316 g/mol. The monoisotopic (exact) mass is 316 g/mol. The van der Waals surface area contributed by atoms with E-state index in [-0.39, 0.29) is 18.2 Å². The minimum Gasteiger partial charge on any atom is -0.310 e. The van der Waals surface area contributed by atoms with E-state index in [1.807, 2.05) is 18.4 Å². The molecule has 2 aromatic rings. The van der Waals surface area contributed by atoms with Crippen molar-refractivity contribution >= 4 is 34.1 Å². The molecule has 1 fully saturated rings. The van der Waals surface area contributed by atoms with Crippen LogP contribution in [0.15, 0.2) is 23.7 Å². The van der Waals surface area contributed by atoms with Crippen LogP contribution in [0.2, 0.25) is 0 Å². The number of rotatable bonds is 4. The van der Waals surface area contributed by atoms with Gasteiger partial charge in [0.1, 0.15) is 5.82 Å². The van der Waals surface area contributed by atoms with Crippen molar-refractivity contribution in [2.24, 2.45) is 0 Å². The number of aryl methyl sites for hydroxylation is 1. The number of aromatic nitrogens is 2. The molecule has 1 saturated heterocycles. The van der Waals surface area contributed by atoms with Crippen molar-refractivity contribution < 1.29 is 9.59 Å². The first-order valence-electron chi connectivity index (χ1n) is 7.09. The number of nitrogens with one attached hydrogen (secondary N) is 1. The van der Waals surface area contributed by atoms with Crippen LogP contribution >= 0.6 is 11.3 Å². The lowest BCUT2D eigenvalue weighted by Gasteiger charge is -2.10. The van der Waals surface area contributed by atoms with Gasteiger partial charge in [-0.25, -0.2) is 9.97 Å². The smallest absolute Gasteiger partial charge is 0.231 e. The van der Waals surface area contributed by atoms with Crippen molar-refractivity contribution in [1.29, 1.82) is 0 Å². The number of carbonyl (C=O) groups excluding carboxylic acids is 2. The molecule has 0 spiro atoms. The van der Waals surface area contributed by atoms with Crippen molar-refractivity contribution in [3.05, 3.63) is 35.0 Å². The molecular formula is C15H16N4O2S. The van der Waals surface area contributed by atoms with Gasteiger partial charge in [0.15, 0.2) is 5.13 Å². The fourth-order valence-corrected chi connectivity index (χ4v) is 3.11. The van der Waals surface area contributed by atoms with E-state index in [2.05, 4.69) is 15.3 Å². The number of amides is 2. The van der Waals surface area contributed by atoms with Gasteiger partial charge >= 0.3 is 0 Å². The summed E-state index contributed by atoms with van der Waals surface area (Å²) < 4.78 is 0. The zero-order chi connectivity index (χ0) is 15.5. The van der Waals surface area contributed by atoms with E-state index in [4.69, 9.17) is 0 Å². The molecule has 3 heterocycles. The number of hydrogen-bond donors (Lipinski definition) is 1. The van der Waals surface area contributed by atoms with Gasteiger partial charge in [-0.1, -0.05) is 6.07 Å². The third-order valence-electron chi connectivity index (χ3n) is 3.36. The maximum absolute atomic E-state index is 12.0. The van der Waals surface area contributed by atoms with Gasteiger partial charge in [-0.3, -0.25) is 14.5 Å². The Morgan fingerprint density at radius 2 is 2.32 bits per heavy atom. The highest BCUT2D eigenvalue weighted by atomic mass is 32.1. The van der Waals surface area contributed by atoms with Crippen LogP contribution in [0, 0.1) is 6.92 Å². The summed E-state index contributed by atoms with van der Waals surface area (Å²) >= 11 is 1.40. The van der Waals surface area contributed by atoms with Crippen LogP contribution in [0.5, 0.6) is 0 Å². The molecule has 0 bridgehead atoms. The van der Waals surface area contributed by atoms with Crippen molar-refractivity contribution in [3.8, 4) is 0 Å². The first kappa shape index (κ1) is 14.6. The minimum absolute atomic E-state index is 0.106. The van der Waals surface area contributed by atoms with Gasteiger partial charge in [-0.2, -0.15) is 0 Å². The van der Waals surface area contributed by atoms with Crippen LogP contribution in [0.3, 0.4) is 0 Å². The normalized spacial score (nSPS) is 14.4. The van der Waals surface area contributed by atoms with E-state index in [0.717, 1.165) is 12.0 Å². The van der Waals surface area contributed by atoms with Crippen LogP contribution in [0.4, 0.5) is 10.9 Å². The molecule has 6 nitrogen and oxygen atoms in total. The first-order chi connectivity index (χ1) is 10.6. The molecule has 22 heavy (non-hydrogen) atoms. The van der Waals surface area contributed by atoms with E-state index in [1.54, 1.807) is 17.2 Å². The fourth-order valence-electron chi connectivity index (χ4n) is 2.25. The summed E-state index contributed by atoms with van der Waals surface area (Å²) in [5.74, 6) is 0.468. The Hall–Kier alpha value is -2.28. The summed E-state index contributed by atoms with van der Waals surface area (Å²) in [5.41, 5.74) is 1.71. The standard InChI is InChI=1S/C15H16N4O2S/c1-10-4-5-12(16-8-10)18-13(20)7-11-9-22-15(17-11)19-6-2-3-14(19)21/h4-5,8-9H,2-3,6-7H2,1H3,(H,16,18,20). The van der Waals surface area contributed by atoms with Gasteiger partial charge in [0, 0.05) is 24.5 Å². The highest BCUT2D eigenvalue weighted by Gasteiger charge is 2.24. The molecule has 2 amide bonds. The highest BCUT2D eigenvalue weighted by Crippen LogP contribution is 2.25. The summed E-state index contributed by atoms with van der Waals surface area (Å²) in [7, 11) is 0. The van der Waals surface area contributed by atoms with Crippen molar-refractivity contribution in [2.75, 3.05) is 16.8 Å². The molecule has 114 valence electrons. The molecule has 0 saturated carbocycles. The summed E-state index contributed by atoms with van der Waals surface area (Å²) in [6.07, 6.45) is 3.32. The summed E-state index contributed by atoms with van der Waals surface area (Å²) in [5, 5.41) is 5.24. The molecule has 7 heteroatoms. The van der Waals surface area contributed by atoms with Crippen LogP contribution < -0.4 is 10.2 Å². The molecule has 0 aliphatic carbocycles. The van der Waals surface area contributed by atoms with Crippen molar-refractivity contribution in [2.45, 2.75) is 26.2 Å². The Labute approximate surface area is 132 Å². The van der Waals surface area contributed by atoms with Crippen LogP contribution in [-0.2, 0) is 16.0 Å². The number of thiazole rings is 1. The van der Waals surface area contributed by atoms with Gasteiger partial charge in [0.05, 0.1) is 12.1 Å². The van der Waals surface area contributed by atoms with Gasteiger partial charge in [-0.05, 0) is 25.0 Å². The van der Waals surface area contributed by atoms with E-state index in [0.29, 0.717) is 29.6 Å². The number of carbonyl (C=O) groups is 2. The van der Waals surface area contributed by atoms with E-state index >= 15 is 0 Å². The Morgan fingerprint density at radius 1 is 1.45 bits per heavy atom. The third-order valence-corrected chi connectivity index (χ3v) is 4.28. The highest BCUT2D eigenvalue weighted by molar-refractivity contribution is 7.14. The molecule has 0 atom stereocenters. The lowest BCUT2D eigenvalue weighted by Crippen LogP contribution is -2.23. The molecule has 0 unspecified atom stereocenters. The van der Waals surface area contributed by atoms with Gasteiger partial charge in [0.25, 0.3) is 0 Å². The predicted octanol–water partition coefficient (Wildman–Crippen LogP) is 2.15. The van der Waals surface area contributed by atoms with Crippen LogP contribution in [0.1, 0.15) is 24.1 Å². The van der Waals surface area contributed by atoms with Crippen molar-refractivity contribution in [3.63, 3.8) is 0 Å². The molecule has 1 aliphatic heterocycles. The quantitative estimate of drug-likeness (QED) is 0.938. The molecule has 1 N–H and O–H groups in total. The van der Waals surface area contributed by atoms with Crippen LogP contribution in [-0.4, -0.2) is 28.3 Å². The van der Waals surface area contributed by atoms with E-state index in [9.17, 15) is 9.59 Å². The zero-order valence-corrected chi connectivity index (χ0v) is 13.0. The number of hydrogen-bond acceptors (Lipinski definition) is 5. The van der Waals surface area contributed by atoms with Crippen molar-refractivity contribution in [1.82, 2.24) is 9.97 Å². The first-order valence-corrected chi connectivity index (χ1v) is 7.97. The maximum atomic E-state index is 12.0. The van der Waals surface area contributed by atoms with Gasteiger partial charge in [0.2, 0.25) is 11.8 Å². The second kappa shape index (κ2) is 6.23. The second-order valence-electron chi connectivity index (χ2n) is 5.22. The van der Waals surface area contributed by atoms with E-state index < -0.39 is 0 Å². The SMILES string of the molecule is Cc1ccc(NC(=O)Cc2csc(N3CCCC3=O)n2)nc1. The maximum Gasteiger partial charge on any atom is 0.231 e. The Bertz CT molecular complexity index is 696. The van der Waals surface area contributed by atoms with Gasteiger partial charge in [-0.15, -0.1) is 11.3 Å². The lowest BCUT2D eigenvalue weighted by atomic mass is 10.3. The number of anilines is 2. The van der Waals surface area contributed by atoms with Gasteiger partial charge < -0.3 is 5.32 Å². The predicted molar refractivity (Wildman–Crippen MR) is 85.0 cm³/mol. The molecule has 0 radical (unpaired) electrons. The zero-order valence-electron chi connectivity index (χ0n) is 12.2. The topological polar surface area (TPSA) is 75.2 Å². The number of pyridine rings is 1. The molecule has 0 aromatic carbocycles. The second-order valence-corrected chi connectivity index (χ2v) is 6.05. The molecular weight excluding hydrogens is 300 g/mol. The van der Waals surface area contributed by atoms with Crippen LogP contribution in [0.25, 0.3) is 0 Å². The Kier molecular flexibility index (Phi) is 4.15. The number of nitrogens with zero attached hydrogens (tertiary/aromatic N) is 3. The molecule has 2 aromatic heterocycles. The molecule has 3 rings (SSSR count). The summed E-state index contributed by atoms with van der Waals surface area (Å²) in [6, 6.07) is 3.66. The third kappa shape index (κ3) is 3.30. The Morgan fingerprint density at radius 3 is 3.00 bits per heavy atom. The molecule has 1 aliphatic rings. The largest absolute Gasteiger partial charge is 0.310 e. The lowest BCUT2D eigenvalue weighted by molar-refractivity contribution is -0.117. The van der Waals surface area contributed by atoms with E-state index in [1.165, 1.54) is 11.3 Å². The fraction of sp³-hybridized carbons (Fsp3) is 0.333. The summed E-state index contributed by atoms with van der Waals surface area (Å²) in [4.78, 5) is 33.9. The Balaban J connectivity index is 1.61. The summed E-state index contributed by atoms with van der Waals surface area (Å²) in [6.45, 7) is 2.65. The average Bonchev–Trinajstić information content (AvgIpc) is 3.10. The minimum atomic E-state index is -0.166.